The summed E-state index contributed by atoms with van der Waals surface area (Å²) in [5.41, 5.74) is 0. The lowest BCUT2D eigenvalue weighted by atomic mass is 10.3. The molecule has 3 aromatic rings. The molecule has 0 unspecified atom stereocenters. The second-order valence-corrected chi connectivity index (χ2v) is 5.15. The van der Waals surface area contributed by atoms with Crippen LogP contribution in [0.1, 0.15) is 19.2 Å². The number of nitrogens with zero attached hydrogens (tertiary/aromatic N) is 4. The third-order valence-electron chi connectivity index (χ3n) is 2.70. The Labute approximate surface area is 113 Å². The van der Waals surface area contributed by atoms with Crippen molar-refractivity contribution in [3.05, 3.63) is 34.9 Å². The molecule has 0 amide bonds. The predicted octanol–water partition coefficient (Wildman–Crippen LogP) is 3.48. The summed E-state index contributed by atoms with van der Waals surface area (Å²) in [4.78, 5) is 13.8. The topological polar surface area (TPSA) is 43.6 Å². The largest absolute Gasteiger partial charge is 0.287 e. The first-order chi connectivity index (χ1) is 8.79. The molecular weight excluding hydrogens is 268 g/mol. The van der Waals surface area contributed by atoms with Gasteiger partial charge in [-0.2, -0.15) is 4.98 Å². The number of thiophene rings is 1. The van der Waals surface area contributed by atoms with Crippen molar-refractivity contribution in [2.24, 2.45) is 0 Å². The molecule has 3 aromatic heterocycles. The molecule has 0 bridgehead atoms. The quantitative estimate of drug-likeness (QED) is 0.689. The maximum absolute atomic E-state index is 5.98. The smallest absolute Gasteiger partial charge is 0.225 e. The minimum Gasteiger partial charge on any atom is -0.287 e. The van der Waals surface area contributed by atoms with Crippen molar-refractivity contribution >= 4 is 33.2 Å². The monoisotopic (exact) mass is 278 g/mol. The number of hydrogen-bond donors (Lipinski definition) is 0. The first kappa shape index (κ1) is 11.6. The van der Waals surface area contributed by atoms with Crippen molar-refractivity contribution in [2.45, 2.75) is 19.8 Å². The molecule has 6 heteroatoms. The number of fused-ring (bicyclic) bond motifs is 1. The highest BCUT2D eigenvalue weighted by atomic mass is 35.5. The number of aromatic nitrogens is 4. The molecule has 92 valence electrons. The molecule has 0 fully saturated rings. The van der Waals surface area contributed by atoms with Crippen LogP contribution in [0.4, 0.5) is 0 Å². The molecule has 0 radical (unpaired) electrons. The summed E-state index contributed by atoms with van der Waals surface area (Å²) in [6.07, 6.45) is 5.67. The second kappa shape index (κ2) is 4.66. The average Bonchev–Trinajstić information content (AvgIpc) is 2.96. The summed E-state index contributed by atoms with van der Waals surface area (Å²) in [6.45, 7) is 2.13. The summed E-state index contributed by atoms with van der Waals surface area (Å²) in [5.74, 6) is 1.81. The highest BCUT2D eigenvalue weighted by molar-refractivity contribution is 7.16. The van der Waals surface area contributed by atoms with E-state index in [9.17, 15) is 0 Å². The minimum atomic E-state index is 0.274. The van der Waals surface area contributed by atoms with E-state index in [-0.39, 0.29) is 5.28 Å². The van der Waals surface area contributed by atoms with Gasteiger partial charge in [-0.15, -0.1) is 11.3 Å². The molecule has 0 saturated carbocycles. The molecule has 0 atom stereocenters. The minimum absolute atomic E-state index is 0.274. The average molecular weight is 279 g/mol. The van der Waals surface area contributed by atoms with E-state index in [0.29, 0.717) is 0 Å². The van der Waals surface area contributed by atoms with Gasteiger partial charge in [0.15, 0.2) is 5.82 Å². The summed E-state index contributed by atoms with van der Waals surface area (Å²) >= 11 is 7.54. The molecule has 3 rings (SSSR count). The summed E-state index contributed by atoms with van der Waals surface area (Å²) in [6, 6.07) is 2.02. The van der Waals surface area contributed by atoms with E-state index >= 15 is 0 Å². The van der Waals surface area contributed by atoms with Crippen molar-refractivity contribution in [1.82, 2.24) is 19.5 Å². The maximum atomic E-state index is 5.98. The zero-order chi connectivity index (χ0) is 12.5. The molecule has 0 aromatic carbocycles. The van der Waals surface area contributed by atoms with Crippen molar-refractivity contribution in [3.63, 3.8) is 0 Å². The SMILES string of the molecule is CCCc1nccn1-c1nc(Cl)nc2sccc12. The lowest BCUT2D eigenvalue weighted by Crippen LogP contribution is -2.03. The van der Waals surface area contributed by atoms with Crippen LogP contribution in [0, 0.1) is 0 Å². The van der Waals surface area contributed by atoms with E-state index < -0.39 is 0 Å². The number of hydrogen-bond acceptors (Lipinski definition) is 4. The number of halogens is 1. The molecule has 0 saturated heterocycles. The van der Waals surface area contributed by atoms with Gasteiger partial charge in [-0.3, -0.25) is 4.57 Å². The number of imidazole rings is 1. The van der Waals surface area contributed by atoms with Crippen molar-refractivity contribution in [3.8, 4) is 5.82 Å². The van der Waals surface area contributed by atoms with E-state index in [1.807, 2.05) is 22.2 Å². The lowest BCUT2D eigenvalue weighted by Gasteiger charge is -2.07. The zero-order valence-corrected chi connectivity index (χ0v) is 11.4. The van der Waals surface area contributed by atoms with Gasteiger partial charge in [-0.1, -0.05) is 6.92 Å². The van der Waals surface area contributed by atoms with Crippen LogP contribution in [-0.4, -0.2) is 19.5 Å². The van der Waals surface area contributed by atoms with Crippen molar-refractivity contribution < 1.29 is 0 Å². The summed E-state index contributed by atoms with van der Waals surface area (Å²) in [5, 5.41) is 3.28. The van der Waals surface area contributed by atoms with E-state index in [2.05, 4.69) is 21.9 Å². The Hall–Kier alpha value is -1.46. The Bertz CT molecular complexity index is 688. The van der Waals surface area contributed by atoms with Crippen LogP contribution < -0.4 is 0 Å². The standard InChI is InChI=1S/C12H11ClN4S/c1-2-3-9-14-5-6-17(9)10-8-4-7-18-11(8)16-12(13)15-10/h4-7H,2-3H2,1H3. The van der Waals surface area contributed by atoms with Crippen molar-refractivity contribution in [2.75, 3.05) is 0 Å². The molecule has 0 N–H and O–H groups in total. The van der Waals surface area contributed by atoms with Gasteiger partial charge in [-0.05, 0) is 29.5 Å². The molecule has 3 heterocycles. The first-order valence-corrected chi connectivity index (χ1v) is 6.98. The molecule has 0 aliphatic carbocycles. The lowest BCUT2D eigenvalue weighted by molar-refractivity contribution is 0.800. The number of rotatable bonds is 3. The van der Waals surface area contributed by atoms with Crippen LogP contribution in [0.2, 0.25) is 5.28 Å². The molecular formula is C12H11ClN4S. The van der Waals surface area contributed by atoms with Crippen LogP contribution in [0.5, 0.6) is 0 Å². The summed E-state index contributed by atoms with van der Waals surface area (Å²) < 4.78 is 1.99. The summed E-state index contributed by atoms with van der Waals surface area (Å²) in [7, 11) is 0. The zero-order valence-electron chi connectivity index (χ0n) is 9.80. The predicted molar refractivity (Wildman–Crippen MR) is 73.5 cm³/mol. The van der Waals surface area contributed by atoms with E-state index in [4.69, 9.17) is 11.6 Å². The fourth-order valence-corrected chi connectivity index (χ4v) is 2.91. The highest BCUT2D eigenvalue weighted by Crippen LogP contribution is 2.26. The Kier molecular flexibility index (Phi) is 3.01. The van der Waals surface area contributed by atoms with Crippen LogP contribution in [0.3, 0.4) is 0 Å². The molecule has 0 spiro atoms. The molecule has 0 aliphatic heterocycles. The molecule has 18 heavy (non-hydrogen) atoms. The van der Waals surface area contributed by atoms with Gasteiger partial charge >= 0.3 is 0 Å². The Morgan fingerprint density at radius 2 is 2.28 bits per heavy atom. The Balaban J connectivity index is 2.24. The van der Waals surface area contributed by atoms with Crippen molar-refractivity contribution in [1.29, 1.82) is 0 Å². The van der Waals surface area contributed by atoms with Gasteiger partial charge in [0.25, 0.3) is 0 Å². The second-order valence-electron chi connectivity index (χ2n) is 3.92. The highest BCUT2D eigenvalue weighted by Gasteiger charge is 2.12. The molecule has 4 nitrogen and oxygen atoms in total. The van der Waals surface area contributed by atoms with Crippen LogP contribution in [-0.2, 0) is 6.42 Å². The van der Waals surface area contributed by atoms with E-state index in [0.717, 1.165) is 34.7 Å². The number of aryl methyl sites for hydroxylation is 1. The van der Waals surface area contributed by atoms with Gasteiger partial charge in [0, 0.05) is 18.8 Å². The third-order valence-corrected chi connectivity index (χ3v) is 3.67. The Morgan fingerprint density at radius 3 is 3.11 bits per heavy atom. The van der Waals surface area contributed by atoms with Gasteiger partial charge in [-0.25, -0.2) is 9.97 Å². The van der Waals surface area contributed by atoms with Gasteiger partial charge in [0.2, 0.25) is 5.28 Å². The molecule has 0 aliphatic rings. The van der Waals surface area contributed by atoms with Gasteiger partial charge in [0.1, 0.15) is 10.7 Å². The van der Waals surface area contributed by atoms with Crippen LogP contribution in [0.15, 0.2) is 23.8 Å². The van der Waals surface area contributed by atoms with E-state index in [1.165, 1.54) is 0 Å². The Morgan fingerprint density at radius 1 is 1.39 bits per heavy atom. The van der Waals surface area contributed by atoms with Crippen LogP contribution >= 0.6 is 22.9 Å². The first-order valence-electron chi connectivity index (χ1n) is 5.73. The van der Waals surface area contributed by atoms with Gasteiger partial charge in [0.05, 0.1) is 5.39 Å². The third kappa shape index (κ3) is 1.89. The van der Waals surface area contributed by atoms with Gasteiger partial charge < -0.3 is 0 Å². The van der Waals surface area contributed by atoms with Crippen LogP contribution in [0.25, 0.3) is 16.0 Å². The van der Waals surface area contributed by atoms with E-state index in [1.54, 1.807) is 17.5 Å². The maximum Gasteiger partial charge on any atom is 0.225 e. The normalized spacial score (nSPS) is 11.2. The fourth-order valence-electron chi connectivity index (χ4n) is 1.93. The fraction of sp³-hybridized carbons (Fsp3) is 0.250.